The number of carbonyl (C=O) groups excluding carboxylic acids is 1. The van der Waals surface area contributed by atoms with Gasteiger partial charge in [0.15, 0.2) is 0 Å². The van der Waals surface area contributed by atoms with Gasteiger partial charge in [-0.1, -0.05) is 13.3 Å². The highest BCUT2D eigenvalue weighted by Crippen LogP contribution is 2.15. The summed E-state index contributed by atoms with van der Waals surface area (Å²) in [6.45, 7) is 5.52. The van der Waals surface area contributed by atoms with E-state index >= 15 is 0 Å². The fourth-order valence-corrected chi connectivity index (χ4v) is 2.24. The Hall–Kier alpha value is -0.650. The van der Waals surface area contributed by atoms with Crippen molar-refractivity contribution >= 4 is 5.91 Å². The van der Waals surface area contributed by atoms with Gasteiger partial charge in [0.2, 0.25) is 5.91 Å². The Bertz CT molecular complexity index is 237. The number of hydrogen-bond donors (Lipinski definition) is 1. The lowest BCUT2D eigenvalue weighted by Crippen LogP contribution is -2.35. The van der Waals surface area contributed by atoms with Crippen molar-refractivity contribution in [2.45, 2.75) is 39.0 Å². The number of carbonyl (C=O) groups is 1. The smallest absolute Gasteiger partial charge is 0.222 e. The van der Waals surface area contributed by atoms with Gasteiger partial charge in [-0.2, -0.15) is 0 Å². The molecule has 0 heterocycles. The van der Waals surface area contributed by atoms with Crippen LogP contribution in [0, 0.1) is 5.92 Å². The van der Waals surface area contributed by atoms with Crippen LogP contribution in [0.15, 0.2) is 0 Å². The van der Waals surface area contributed by atoms with E-state index in [1.54, 1.807) is 14.2 Å². The Labute approximate surface area is 123 Å². The molecule has 0 fully saturated rings. The SMILES string of the molecule is CCC(CCN)CCC(=O)N(CCCOC)CCOC. The van der Waals surface area contributed by atoms with Crippen molar-refractivity contribution in [1.82, 2.24) is 4.90 Å². The summed E-state index contributed by atoms with van der Waals surface area (Å²) in [6, 6.07) is 0. The van der Waals surface area contributed by atoms with Crippen molar-refractivity contribution in [3.05, 3.63) is 0 Å². The molecule has 120 valence electrons. The molecule has 0 radical (unpaired) electrons. The van der Waals surface area contributed by atoms with Gasteiger partial charge in [0.1, 0.15) is 0 Å². The van der Waals surface area contributed by atoms with Gasteiger partial charge in [0.05, 0.1) is 6.61 Å². The van der Waals surface area contributed by atoms with Crippen LogP contribution in [0.2, 0.25) is 0 Å². The molecule has 0 spiro atoms. The zero-order chi connectivity index (χ0) is 15.2. The van der Waals surface area contributed by atoms with Crippen LogP contribution in [0.4, 0.5) is 0 Å². The third-order valence-corrected chi connectivity index (χ3v) is 3.61. The van der Waals surface area contributed by atoms with Crippen molar-refractivity contribution in [3.63, 3.8) is 0 Å². The quantitative estimate of drug-likeness (QED) is 0.523. The number of nitrogens with zero attached hydrogens (tertiary/aromatic N) is 1. The van der Waals surface area contributed by atoms with Gasteiger partial charge in [-0.3, -0.25) is 4.79 Å². The molecule has 0 rings (SSSR count). The highest BCUT2D eigenvalue weighted by Gasteiger charge is 2.15. The second-order valence-electron chi connectivity index (χ2n) is 5.11. The van der Waals surface area contributed by atoms with Crippen molar-refractivity contribution in [2.75, 3.05) is 47.1 Å². The number of rotatable bonds is 13. The first-order valence-electron chi connectivity index (χ1n) is 7.65. The highest BCUT2D eigenvalue weighted by atomic mass is 16.5. The lowest BCUT2D eigenvalue weighted by atomic mass is 9.96. The maximum atomic E-state index is 12.3. The van der Waals surface area contributed by atoms with Crippen LogP contribution in [0.5, 0.6) is 0 Å². The van der Waals surface area contributed by atoms with Gasteiger partial charge >= 0.3 is 0 Å². The first kappa shape index (κ1) is 19.4. The Balaban J connectivity index is 4.15. The summed E-state index contributed by atoms with van der Waals surface area (Å²) in [5.74, 6) is 0.779. The van der Waals surface area contributed by atoms with Gasteiger partial charge in [0, 0.05) is 40.3 Å². The molecule has 0 aliphatic carbocycles. The fraction of sp³-hybridized carbons (Fsp3) is 0.933. The van der Waals surface area contributed by atoms with E-state index in [4.69, 9.17) is 15.2 Å². The van der Waals surface area contributed by atoms with Crippen LogP contribution in [0.1, 0.15) is 39.0 Å². The van der Waals surface area contributed by atoms with Gasteiger partial charge < -0.3 is 20.1 Å². The maximum Gasteiger partial charge on any atom is 0.222 e. The third kappa shape index (κ3) is 9.28. The normalized spacial score (nSPS) is 12.4. The second kappa shape index (κ2) is 13.3. The van der Waals surface area contributed by atoms with E-state index in [0.29, 0.717) is 38.6 Å². The van der Waals surface area contributed by atoms with E-state index in [1.807, 2.05) is 4.90 Å². The Morgan fingerprint density at radius 2 is 1.85 bits per heavy atom. The summed E-state index contributed by atoms with van der Waals surface area (Å²) < 4.78 is 10.1. The second-order valence-corrected chi connectivity index (χ2v) is 5.11. The van der Waals surface area contributed by atoms with E-state index in [-0.39, 0.29) is 5.91 Å². The third-order valence-electron chi connectivity index (χ3n) is 3.61. The molecule has 1 unspecified atom stereocenters. The summed E-state index contributed by atoms with van der Waals surface area (Å²) >= 11 is 0. The Morgan fingerprint density at radius 3 is 2.40 bits per heavy atom. The molecule has 0 aromatic rings. The van der Waals surface area contributed by atoms with E-state index in [1.165, 1.54) is 0 Å². The van der Waals surface area contributed by atoms with E-state index < -0.39 is 0 Å². The first-order valence-corrected chi connectivity index (χ1v) is 7.65. The number of methoxy groups -OCH3 is 2. The number of nitrogens with two attached hydrogens (primary N) is 1. The summed E-state index contributed by atoms with van der Waals surface area (Å²) in [4.78, 5) is 14.2. The lowest BCUT2D eigenvalue weighted by Gasteiger charge is -2.23. The van der Waals surface area contributed by atoms with Gasteiger partial charge in [-0.25, -0.2) is 0 Å². The predicted octanol–water partition coefficient (Wildman–Crippen LogP) is 1.65. The summed E-state index contributed by atoms with van der Waals surface area (Å²) in [5.41, 5.74) is 5.59. The number of ether oxygens (including phenoxy) is 2. The molecular weight excluding hydrogens is 256 g/mol. The van der Waals surface area contributed by atoms with Gasteiger partial charge in [-0.15, -0.1) is 0 Å². The number of hydrogen-bond acceptors (Lipinski definition) is 4. The molecule has 0 aliphatic rings. The Kier molecular flexibility index (Phi) is 12.9. The van der Waals surface area contributed by atoms with E-state index in [9.17, 15) is 4.79 Å². The summed E-state index contributed by atoms with van der Waals surface area (Å²) in [5, 5.41) is 0. The zero-order valence-electron chi connectivity index (χ0n) is 13.4. The predicted molar refractivity (Wildman–Crippen MR) is 81.6 cm³/mol. The van der Waals surface area contributed by atoms with Crippen molar-refractivity contribution in [1.29, 1.82) is 0 Å². The minimum atomic E-state index is 0.216. The van der Waals surface area contributed by atoms with Crippen molar-refractivity contribution in [3.8, 4) is 0 Å². The van der Waals surface area contributed by atoms with E-state index in [0.717, 1.165) is 32.2 Å². The molecule has 5 nitrogen and oxygen atoms in total. The topological polar surface area (TPSA) is 64.8 Å². The fourth-order valence-electron chi connectivity index (χ4n) is 2.24. The maximum absolute atomic E-state index is 12.3. The standard InChI is InChI=1S/C15H32N2O3/c1-4-14(8-9-16)6-7-15(18)17(11-13-20-3)10-5-12-19-2/h14H,4-13,16H2,1-3H3. The van der Waals surface area contributed by atoms with Gasteiger partial charge in [0.25, 0.3) is 0 Å². The monoisotopic (exact) mass is 288 g/mol. The molecule has 0 saturated carbocycles. The molecule has 20 heavy (non-hydrogen) atoms. The van der Waals surface area contributed by atoms with Crippen molar-refractivity contribution < 1.29 is 14.3 Å². The summed E-state index contributed by atoms with van der Waals surface area (Å²) in [7, 11) is 3.34. The molecule has 5 heteroatoms. The number of amides is 1. The first-order chi connectivity index (χ1) is 9.69. The lowest BCUT2D eigenvalue weighted by molar-refractivity contribution is -0.132. The zero-order valence-corrected chi connectivity index (χ0v) is 13.4. The van der Waals surface area contributed by atoms with Crippen LogP contribution in [0.25, 0.3) is 0 Å². The average Bonchev–Trinajstić information content (AvgIpc) is 2.46. The molecule has 0 aromatic carbocycles. The van der Waals surface area contributed by atoms with Crippen LogP contribution >= 0.6 is 0 Å². The molecule has 0 aliphatic heterocycles. The van der Waals surface area contributed by atoms with Crippen LogP contribution in [-0.2, 0) is 14.3 Å². The van der Waals surface area contributed by atoms with Gasteiger partial charge in [-0.05, 0) is 31.7 Å². The van der Waals surface area contributed by atoms with E-state index in [2.05, 4.69) is 6.92 Å². The largest absolute Gasteiger partial charge is 0.385 e. The molecule has 1 amide bonds. The average molecular weight is 288 g/mol. The molecule has 0 saturated heterocycles. The van der Waals surface area contributed by atoms with Crippen LogP contribution < -0.4 is 5.73 Å². The molecule has 1 atom stereocenters. The van der Waals surface area contributed by atoms with Crippen molar-refractivity contribution in [2.24, 2.45) is 11.7 Å². The minimum Gasteiger partial charge on any atom is -0.385 e. The minimum absolute atomic E-state index is 0.216. The van der Waals surface area contributed by atoms with Crippen LogP contribution in [-0.4, -0.2) is 57.9 Å². The molecule has 0 aromatic heterocycles. The Morgan fingerprint density at radius 1 is 1.15 bits per heavy atom. The molecular formula is C15H32N2O3. The summed E-state index contributed by atoms with van der Waals surface area (Å²) in [6.07, 6.45) is 4.50. The van der Waals surface area contributed by atoms with Crippen LogP contribution in [0.3, 0.4) is 0 Å². The molecule has 0 bridgehead atoms. The molecule has 2 N–H and O–H groups in total. The highest BCUT2D eigenvalue weighted by molar-refractivity contribution is 5.76.